The van der Waals surface area contributed by atoms with Crippen molar-refractivity contribution in [3.63, 3.8) is 0 Å². The summed E-state index contributed by atoms with van der Waals surface area (Å²) >= 11 is 0. The van der Waals surface area contributed by atoms with E-state index in [1.54, 1.807) is 0 Å². The van der Waals surface area contributed by atoms with Crippen molar-refractivity contribution in [3.05, 3.63) is 29.1 Å². The van der Waals surface area contributed by atoms with Crippen LogP contribution in [0.5, 0.6) is 5.75 Å². The second kappa shape index (κ2) is 4.53. The number of hydrogen-bond donors (Lipinski definition) is 1. The maximum atomic E-state index is 13.0. The summed E-state index contributed by atoms with van der Waals surface area (Å²) in [4.78, 5) is 10.6. The summed E-state index contributed by atoms with van der Waals surface area (Å²) in [6.07, 6.45) is 0. The normalized spacial score (nSPS) is 9.94. The van der Waals surface area contributed by atoms with Gasteiger partial charge < -0.3 is 9.84 Å². The number of aromatic carboxylic acids is 1. The number of carboxylic acid groups (broad SMARTS) is 1. The SMILES string of the molecule is N#Cc1c(OC(F)F)ccc(F)c1C(=O)O. The first-order chi connectivity index (χ1) is 7.47. The van der Waals surface area contributed by atoms with Crippen LogP contribution in [-0.2, 0) is 0 Å². The van der Waals surface area contributed by atoms with Crippen LogP contribution < -0.4 is 4.74 Å². The number of carboxylic acids is 1. The summed E-state index contributed by atoms with van der Waals surface area (Å²) in [7, 11) is 0. The lowest BCUT2D eigenvalue weighted by molar-refractivity contribution is -0.0501. The van der Waals surface area contributed by atoms with Gasteiger partial charge in [0.1, 0.15) is 28.8 Å². The number of benzene rings is 1. The number of alkyl halides is 2. The highest BCUT2D eigenvalue weighted by atomic mass is 19.3. The molecule has 0 aliphatic rings. The lowest BCUT2D eigenvalue weighted by Gasteiger charge is -2.08. The minimum Gasteiger partial charge on any atom is -0.478 e. The zero-order valence-electron chi connectivity index (χ0n) is 7.58. The number of rotatable bonds is 3. The Labute approximate surface area is 87.5 Å². The molecule has 0 fully saturated rings. The van der Waals surface area contributed by atoms with E-state index in [2.05, 4.69) is 4.74 Å². The largest absolute Gasteiger partial charge is 0.478 e. The van der Waals surface area contributed by atoms with E-state index in [0.717, 1.165) is 6.07 Å². The summed E-state index contributed by atoms with van der Waals surface area (Å²) in [5.41, 5.74) is -1.76. The predicted molar refractivity (Wildman–Crippen MR) is 44.7 cm³/mol. The van der Waals surface area contributed by atoms with Crippen molar-refractivity contribution in [2.45, 2.75) is 6.61 Å². The molecular weight excluding hydrogens is 227 g/mol. The van der Waals surface area contributed by atoms with Gasteiger partial charge in [0.15, 0.2) is 0 Å². The lowest BCUT2D eigenvalue weighted by atomic mass is 10.1. The molecule has 16 heavy (non-hydrogen) atoms. The molecule has 0 amide bonds. The number of nitriles is 1. The summed E-state index contributed by atoms with van der Waals surface area (Å²) < 4.78 is 40.7. The molecule has 0 spiro atoms. The fourth-order valence-corrected chi connectivity index (χ4v) is 1.07. The van der Waals surface area contributed by atoms with Crippen molar-refractivity contribution in [1.82, 2.24) is 0 Å². The molecule has 0 saturated carbocycles. The van der Waals surface area contributed by atoms with Gasteiger partial charge in [0.2, 0.25) is 0 Å². The summed E-state index contributed by atoms with van der Waals surface area (Å²) in [5.74, 6) is -3.59. The predicted octanol–water partition coefficient (Wildman–Crippen LogP) is 2.00. The Morgan fingerprint density at radius 1 is 1.50 bits per heavy atom. The Hall–Kier alpha value is -2.23. The minimum atomic E-state index is -3.22. The molecule has 0 aliphatic carbocycles. The number of carbonyl (C=O) groups is 1. The number of ether oxygens (including phenoxy) is 1. The average molecular weight is 231 g/mol. The molecule has 0 unspecified atom stereocenters. The summed E-state index contributed by atoms with van der Waals surface area (Å²) in [5, 5.41) is 17.2. The van der Waals surface area contributed by atoms with Crippen molar-refractivity contribution < 1.29 is 27.8 Å². The van der Waals surface area contributed by atoms with Gasteiger partial charge in [-0.25, -0.2) is 9.18 Å². The highest BCUT2D eigenvalue weighted by Gasteiger charge is 2.21. The molecule has 0 aliphatic heterocycles. The Morgan fingerprint density at radius 2 is 2.12 bits per heavy atom. The highest BCUT2D eigenvalue weighted by molar-refractivity contribution is 5.91. The molecule has 1 aromatic rings. The third kappa shape index (κ3) is 2.23. The van der Waals surface area contributed by atoms with E-state index in [0.29, 0.717) is 6.07 Å². The molecule has 0 aromatic heterocycles. The molecule has 0 heterocycles. The van der Waals surface area contributed by atoms with E-state index >= 15 is 0 Å². The van der Waals surface area contributed by atoms with Crippen LogP contribution in [0, 0.1) is 17.1 Å². The summed E-state index contributed by atoms with van der Waals surface area (Å²) in [6.45, 7) is -3.22. The number of nitrogens with zero attached hydrogens (tertiary/aromatic N) is 1. The van der Waals surface area contributed by atoms with E-state index in [4.69, 9.17) is 10.4 Å². The Balaban J connectivity index is 3.38. The van der Waals surface area contributed by atoms with Crippen LogP contribution in [0.15, 0.2) is 12.1 Å². The second-order valence-corrected chi connectivity index (χ2v) is 2.59. The van der Waals surface area contributed by atoms with Crippen LogP contribution in [0.4, 0.5) is 13.2 Å². The fourth-order valence-electron chi connectivity index (χ4n) is 1.07. The standard InChI is InChI=1S/C9H4F3NO3/c10-5-1-2-6(16-9(11)12)4(3-13)7(5)8(14)15/h1-2,9H,(H,14,15). The van der Waals surface area contributed by atoms with Crippen molar-refractivity contribution >= 4 is 5.97 Å². The van der Waals surface area contributed by atoms with Crippen LogP contribution in [0.2, 0.25) is 0 Å². The zero-order chi connectivity index (χ0) is 12.3. The molecule has 84 valence electrons. The first kappa shape index (κ1) is 11.8. The molecule has 4 nitrogen and oxygen atoms in total. The van der Waals surface area contributed by atoms with Gasteiger partial charge in [0.25, 0.3) is 0 Å². The van der Waals surface area contributed by atoms with E-state index in [1.165, 1.54) is 6.07 Å². The molecule has 7 heteroatoms. The van der Waals surface area contributed by atoms with Crippen molar-refractivity contribution in [2.75, 3.05) is 0 Å². The molecule has 1 N–H and O–H groups in total. The van der Waals surface area contributed by atoms with E-state index < -0.39 is 35.3 Å². The maximum Gasteiger partial charge on any atom is 0.387 e. The first-order valence-electron chi connectivity index (χ1n) is 3.88. The third-order valence-electron chi connectivity index (χ3n) is 1.66. The van der Waals surface area contributed by atoms with Crippen molar-refractivity contribution in [2.24, 2.45) is 0 Å². The van der Waals surface area contributed by atoms with Crippen LogP contribution >= 0.6 is 0 Å². The molecular formula is C9H4F3NO3. The van der Waals surface area contributed by atoms with Gasteiger partial charge in [0.05, 0.1) is 0 Å². The molecule has 0 atom stereocenters. The minimum absolute atomic E-state index is 0.641. The van der Waals surface area contributed by atoms with Gasteiger partial charge in [-0.15, -0.1) is 0 Å². The lowest BCUT2D eigenvalue weighted by Crippen LogP contribution is -2.09. The van der Waals surface area contributed by atoms with Gasteiger partial charge in [0, 0.05) is 0 Å². The van der Waals surface area contributed by atoms with Gasteiger partial charge in [-0.3, -0.25) is 0 Å². The second-order valence-electron chi connectivity index (χ2n) is 2.59. The Kier molecular flexibility index (Phi) is 3.35. The third-order valence-corrected chi connectivity index (χ3v) is 1.66. The topological polar surface area (TPSA) is 70.3 Å². The first-order valence-corrected chi connectivity index (χ1v) is 3.88. The van der Waals surface area contributed by atoms with Gasteiger partial charge in [-0.2, -0.15) is 14.0 Å². The maximum absolute atomic E-state index is 13.0. The summed E-state index contributed by atoms with van der Waals surface area (Å²) in [6, 6.07) is 2.72. The number of halogens is 3. The quantitative estimate of drug-likeness (QED) is 0.863. The van der Waals surface area contributed by atoms with Crippen LogP contribution in [0.3, 0.4) is 0 Å². The molecule has 1 rings (SSSR count). The van der Waals surface area contributed by atoms with Crippen molar-refractivity contribution in [1.29, 1.82) is 5.26 Å². The van der Waals surface area contributed by atoms with E-state index in [-0.39, 0.29) is 0 Å². The van der Waals surface area contributed by atoms with Crippen LogP contribution in [0.25, 0.3) is 0 Å². The zero-order valence-corrected chi connectivity index (χ0v) is 7.58. The monoisotopic (exact) mass is 231 g/mol. The van der Waals surface area contributed by atoms with Crippen molar-refractivity contribution in [3.8, 4) is 11.8 Å². The fraction of sp³-hybridized carbons (Fsp3) is 0.111. The Morgan fingerprint density at radius 3 is 2.56 bits per heavy atom. The molecule has 0 radical (unpaired) electrons. The van der Waals surface area contributed by atoms with Gasteiger partial charge in [-0.1, -0.05) is 0 Å². The molecule has 0 bridgehead atoms. The smallest absolute Gasteiger partial charge is 0.387 e. The highest BCUT2D eigenvalue weighted by Crippen LogP contribution is 2.25. The van der Waals surface area contributed by atoms with E-state index in [9.17, 15) is 18.0 Å². The average Bonchev–Trinajstić information content (AvgIpc) is 2.18. The Bertz CT molecular complexity index is 468. The van der Waals surface area contributed by atoms with Crippen LogP contribution in [0.1, 0.15) is 15.9 Å². The number of hydrogen-bond acceptors (Lipinski definition) is 3. The van der Waals surface area contributed by atoms with E-state index in [1.807, 2.05) is 0 Å². The molecule has 0 saturated heterocycles. The molecule has 1 aromatic carbocycles. The van der Waals surface area contributed by atoms with Gasteiger partial charge in [-0.05, 0) is 12.1 Å². The van der Waals surface area contributed by atoms with Crippen LogP contribution in [-0.4, -0.2) is 17.7 Å². The van der Waals surface area contributed by atoms with Gasteiger partial charge >= 0.3 is 12.6 Å².